The molecule has 5 nitrogen and oxygen atoms in total. The first-order valence-electron chi connectivity index (χ1n) is 20.8. The Morgan fingerprint density at radius 1 is 0.426 bits per heavy atom. The fraction of sp³-hybridized carbons (Fsp3) is 0.952. The minimum atomic E-state index is -0.763. The molecule has 0 aromatic rings. The zero-order chi connectivity index (χ0) is 34.6. The van der Waals surface area contributed by atoms with Gasteiger partial charge in [0, 0.05) is 12.8 Å². The summed E-state index contributed by atoms with van der Waals surface area (Å²) in [5, 5.41) is 9.55. The second kappa shape index (κ2) is 36.2. The molecule has 0 aliphatic rings. The van der Waals surface area contributed by atoms with Crippen LogP contribution < -0.4 is 0 Å². The van der Waals surface area contributed by atoms with Crippen molar-refractivity contribution in [2.24, 2.45) is 11.8 Å². The Kier molecular flexibility index (Phi) is 35.3. The number of hydrogen-bond acceptors (Lipinski definition) is 5. The first-order chi connectivity index (χ1) is 22.8. The van der Waals surface area contributed by atoms with Gasteiger partial charge in [0.25, 0.3) is 0 Å². The second-order valence-electron chi connectivity index (χ2n) is 15.4. The molecule has 0 aromatic heterocycles. The molecule has 0 heterocycles. The molecule has 0 radical (unpaired) electrons. The summed E-state index contributed by atoms with van der Waals surface area (Å²) in [6.45, 7) is 8.85. The summed E-state index contributed by atoms with van der Waals surface area (Å²) in [6, 6.07) is 0. The molecule has 5 heteroatoms. The van der Waals surface area contributed by atoms with Gasteiger partial charge in [-0.25, -0.2) is 0 Å². The van der Waals surface area contributed by atoms with Crippen molar-refractivity contribution < 1.29 is 24.2 Å². The highest BCUT2D eigenvalue weighted by molar-refractivity contribution is 5.70. The van der Waals surface area contributed by atoms with Crippen LogP contribution in [0.3, 0.4) is 0 Å². The Hall–Kier alpha value is -1.10. The smallest absolute Gasteiger partial charge is 0.306 e. The van der Waals surface area contributed by atoms with Gasteiger partial charge < -0.3 is 14.6 Å². The lowest BCUT2D eigenvalue weighted by molar-refractivity contribution is -0.161. The van der Waals surface area contributed by atoms with Gasteiger partial charge in [0.2, 0.25) is 0 Å². The summed E-state index contributed by atoms with van der Waals surface area (Å²) >= 11 is 0. The first kappa shape index (κ1) is 45.9. The van der Waals surface area contributed by atoms with Crippen LogP contribution in [0.15, 0.2) is 0 Å². The van der Waals surface area contributed by atoms with Crippen LogP contribution in [0.2, 0.25) is 0 Å². The summed E-state index contributed by atoms with van der Waals surface area (Å²) < 4.78 is 10.6. The molecule has 0 amide bonds. The van der Waals surface area contributed by atoms with Crippen molar-refractivity contribution in [3.63, 3.8) is 0 Å². The molecule has 0 spiro atoms. The number of esters is 2. The Bertz CT molecular complexity index is 661. The molecule has 0 saturated heterocycles. The van der Waals surface area contributed by atoms with Gasteiger partial charge in [0.1, 0.15) is 6.61 Å². The molecule has 1 N–H and O–H groups in total. The van der Waals surface area contributed by atoms with Gasteiger partial charge in [-0.1, -0.05) is 201 Å². The number of ether oxygens (including phenoxy) is 2. The monoisotopic (exact) mass is 667 g/mol. The molecule has 0 rings (SSSR count). The fourth-order valence-electron chi connectivity index (χ4n) is 6.34. The number of carbonyl (C=O) groups is 2. The fourth-order valence-corrected chi connectivity index (χ4v) is 6.34. The van der Waals surface area contributed by atoms with Gasteiger partial charge in [-0.2, -0.15) is 0 Å². The van der Waals surface area contributed by atoms with Crippen molar-refractivity contribution in [2.75, 3.05) is 13.2 Å². The topological polar surface area (TPSA) is 72.8 Å². The van der Waals surface area contributed by atoms with Crippen LogP contribution in [-0.4, -0.2) is 36.4 Å². The zero-order valence-electron chi connectivity index (χ0n) is 32.1. The molecule has 0 fully saturated rings. The average molecular weight is 667 g/mol. The number of unbranched alkanes of at least 4 members (excludes halogenated alkanes) is 25. The number of aliphatic hydroxyl groups excluding tert-OH is 1. The average Bonchev–Trinajstić information content (AvgIpc) is 3.04. The van der Waals surface area contributed by atoms with Gasteiger partial charge in [-0.15, -0.1) is 0 Å². The van der Waals surface area contributed by atoms with Gasteiger partial charge in [-0.3, -0.25) is 9.59 Å². The van der Waals surface area contributed by atoms with Gasteiger partial charge in [-0.05, 0) is 24.7 Å². The van der Waals surface area contributed by atoms with Crippen LogP contribution in [0.1, 0.15) is 227 Å². The predicted octanol–water partition coefficient (Wildman–Crippen LogP) is 12.8. The molecule has 0 aromatic carbocycles. The van der Waals surface area contributed by atoms with E-state index < -0.39 is 6.10 Å². The number of carbonyl (C=O) groups excluding carboxylic acids is 2. The summed E-state index contributed by atoms with van der Waals surface area (Å²) in [5.41, 5.74) is 0. The standard InChI is InChI=1S/C42H82O5/c1-38(2)32-28-24-20-16-13-11-9-7-5-6-8-10-12-14-18-23-27-31-35-42(45)47-40(36-43)37-46-41(44)34-30-26-22-19-15-17-21-25-29-33-39(3)4/h38-40,43H,5-37H2,1-4H3/t40-/m0/s1. The van der Waals surface area contributed by atoms with Crippen LogP contribution in [-0.2, 0) is 19.1 Å². The van der Waals surface area contributed by atoms with Crippen molar-refractivity contribution in [1.29, 1.82) is 0 Å². The highest BCUT2D eigenvalue weighted by atomic mass is 16.6. The van der Waals surface area contributed by atoms with Crippen LogP contribution in [0.4, 0.5) is 0 Å². The van der Waals surface area contributed by atoms with E-state index >= 15 is 0 Å². The van der Waals surface area contributed by atoms with E-state index in [4.69, 9.17) is 9.47 Å². The Balaban J connectivity index is 3.46. The molecule has 0 aliphatic carbocycles. The Morgan fingerprint density at radius 2 is 0.702 bits per heavy atom. The van der Waals surface area contributed by atoms with E-state index in [1.165, 1.54) is 148 Å². The van der Waals surface area contributed by atoms with Crippen LogP contribution in [0.5, 0.6) is 0 Å². The summed E-state index contributed by atoms with van der Waals surface area (Å²) in [7, 11) is 0. The van der Waals surface area contributed by atoms with Gasteiger partial charge in [0.05, 0.1) is 6.61 Å². The molecule has 0 bridgehead atoms. The third-order valence-electron chi connectivity index (χ3n) is 9.51. The molecule has 47 heavy (non-hydrogen) atoms. The van der Waals surface area contributed by atoms with Crippen molar-refractivity contribution >= 4 is 11.9 Å². The summed E-state index contributed by atoms with van der Waals surface area (Å²) in [6.07, 6.45) is 37.5. The summed E-state index contributed by atoms with van der Waals surface area (Å²) in [5.74, 6) is 1.10. The maximum Gasteiger partial charge on any atom is 0.306 e. The first-order valence-corrected chi connectivity index (χ1v) is 20.8. The number of rotatable bonds is 37. The van der Waals surface area contributed by atoms with E-state index in [-0.39, 0.29) is 25.2 Å². The third kappa shape index (κ3) is 37.6. The normalized spacial score (nSPS) is 12.2. The second-order valence-corrected chi connectivity index (χ2v) is 15.4. The lowest BCUT2D eigenvalue weighted by Crippen LogP contribution is -2.28. The van der Waals surface area contributed by atoms with Gasteiger partial charge in [0.15, 0.2) is 6.10 Å². The van der Waals surface area contributed by atoms with Crippen LogP contribution >= 0.6 is 0 Å². The minimum absolute atomic E-state index is 0.0589. The zero-order valence-corrected chi connectivity index (χ0v) is 32.1. The molecule has 0 saturated carbocycles. The van der Waals surface area contributed by atoms with E-state index in [0.717, 1.165) is 50.4 Å². The van der Waals surface area contributed by atoms with Crippen LogP contribution in [0.25, 0.3) is 0 Å². The summed E-state index contributed by atoms with van der Waals surface area (Å²) in [4.78, 5) is 24.2. The number of aliphatic hydroxyl groups is 1. The third-order valence-corrected chi connectivity index (χ3v) is 9.51. The lowest BCUT2D eigenvalue weighted by Gasteiger charge is -2.15. The molecular weight excluding hydrogens is 584 g/mol. The minimum Gasteiger partial charge on any atom is -0.462 e. The van der Waals surface area contributed by atoms with Crippen molar-refractivity contribution in [1.82, 2.24) is 0 Å². The van der Waals surface area contributed by atoms with E-state index in [1.807, 2.05) is 0 Å². The number of hydrogen-bond donors (Lipinski definition) is 1. The van der Waals surface area contributed by atoms with Gasteiger partial charge >= 0.3 is 11.9 Å². The maximum atomic E-state index is 12.2. The quantitative estimate of drug-likeness (QED) is 0.0527. The van der Waals surface area contributed by atoms with E-state index in [2.05, 4.69) is 27.7 Å². The van der Waals surface area contributed by atoms with Crippen LogP contribution in [0, 0.1) is 11.8 Å². The largest absolute Gasteiger partial charge is 0.462 e. The Morgan fingerprint density at radius 3 is 1.00 bits per heavy atom. The van der Waals surface area contributed by atoms with E-state index in [9.17, 15) is 14.7 Å². The molecule has 0 unspecified atom stereocenters. The van der Waals surface area contributed by atoms with Crippen molar-refractivity contribution in [3.8, 4) is 0 Å². The highest BCUT2D eigenvalue weighted by Gasteiger charge is 2.16. The molecule has 280 valence electrons. The SMILES string of the molecule is CC(C)CCCCCCCCCCCCCCCCCCCCC(=O)O[C@@H](CO)COC(=O)CCCCCCCCCCCC(C)C. The molecule has 1 atom stereocenters. The van der Waals surface area contributed by atoms with E-state index in [1.54, 1.807) is 0 Å². The highest BCUT2D eigenvalue weighted by Crippen LogP contribution is 2.17. The maximum absolute atomic E-state index is 12.2. The Labute approximate surface area is 293 Å². The molecule has 0 aliphatic heterocycles. The van der Waals surface area contributed by atoms with E-state index in [0.29, 0.717) is 12.8 Å². The predicted molar refractivity (Wildman–Crippen MR) is 201 cm³/mol. The lowest BCUT2D eigenvalue weighted by atomic mass is 10.0. The van der Waals surface area contributed by atoms with Crippen molar-refractivity contribution in [2.45, 2.75) is 233 Å². The molecular formula is C42H82O5. The van der Waals surface area contributed by atoms with Crippen molar-refractivity contribution in [3.05, 3.63) is 0 Å².